The van der Waals surface area contributed by atoms with Crippen LogP contribution in [-0.2, 0) is 10.0 Å². The van der Waals surface area contributed by atoms with Gasteiger partial charge in [-0.05, 0) is 61.8 Å². The minimum absolute atomic E-state index is 0.00358. The third kappa shape index (κ3) is 4.06. The number of amides is 1. The van der Waals surface area contributed by atoms with E-state index in [0.717, 1.165) is 32.4 Å². The van der Waals surface area contributed by atoms with Crippen LogP contribution in [-0.4, -0.2) is 49.7 Å². The first-order chi connectivity index (χ1) is 11.9. The monoisotopic (exact) mass is 364 g/mol. The molecule has 2 fully saturated rings. The minimum atomic E-state index is -3.49. The summed E-state index contributed by atoms with van der Waals surface area (Å²) in [6, 6.07) is 6.47. The van der Waals surface area contributed by atoms with Crippen molar-refractivity contribution in [3.05, 3.63) is 29.8 Å². The van der Waals surface area contributed by atoms with Gasteiger partial charge in [0.05, 0.1) is 4.90 Å². The van der Waals surface area contributed by atoms with Crippen molar-refractivity contribution in [3.63, 3.8) is 0 Å². The largest absolute Gasteiger partial charge is 0.339 e. The van der Waals surface area contributed by atoms with Gasteiger partial charge in [0, 0.05) is 31.7 Å². The summed E-state index contributed by atoms with van der Waals surface area (Å²) in [6.07, 6.45) is 4.33. The van der Waals surface area contributed by atoms with Crippen molar-refractivity contribution in [1.29, 1.82) is 0 Å². The highest BCUT2D eigenvalue weighted by Gasteiger charge is 2.31. The molecule has 0 spiro atoms. The lowest BCUT2D eigenvalue weighted by Gasteiger charge is -2.34. The Balaban J connectivity index is 1.75. The van der Waals surface area contributed by atoms with Gasteiger partial charge in [-0.3, -0.25) is 4.79 Å². The molecule has 2 saturated heterocycles. The molecule has 2 atom stereocenters. The molecule has 0 N–H and O–H groups in total. The van der Waals surface area contributed by atoms with Crippen LogP contribution in [0.2, 0.25) is 0 Å². The first-order valence-electron chi connectivity index (χ1n) is 9.27. The first kappa shape index (κ1) is 18.4. The normalized spacial score (nSPS) is 25.8. The Morgan fingerprint density at radius 2 is 1.52 bits per heavy atom. The molecule has 3 rings (SSSR count). The quantitative estimate of drug-likeness (QED) is 0.828. The van der Waals surface area contributed by atoms with Crippen molar-refractivity contribution < 1.29 is 13.2 Å². The molecule has 1 aromatic rings. The number of carbonyl (C=O) groups is 1. The summed E-state index contributed by atoms with van der Waals surface area (Å²) in [4.78, 5) is 14.7. The van der Waals surface area contributed by atoms with Crippen molar-refractivity contribution in [3.8, 4) is 0 Å². The van der Waals surface area contributed by atoms with Gasteiger partial charge in [0.1, 0.15) is 0 Å². The maximum absolute atomic E-state index is 12.9. The van der Waals surface area contributed by atoms with E-state index in [0.29, 0.717) is 30.5 Å². The molecule has 138 valence electrons. The van der Waals surface area contributed by atoms with E-state index in [1.54, 1.807) is 28.6 Å². The fourth-order valence-corrected chi connectivity index (χ4v) is 5.68. The predicted molar refractivity (Wildman–Crippen MR) is 97.9 cm³/mol. The number of benzene rings is 1. The summed E-state index contributed by atoms with van der Waals surface area (Å²) in [6.45, 7) is 6.92. The summed E-state index contributed by atoms with van der Waals surface area (Å²) in [5.74, 6) is 0.751. The van der Waals surface area contributed by atoms with Gasteiger partial charge in [0.15, 0.2) is 0 Å². The lowest BCUT2D eigenvalue weighted by atomic mass is 9.94. The Morgan fingerprint density at radius 1 is 0.960 bits per heavy atom. The van der Waals surface area contributed by atoms with E-state index >= 15 is 0 Å². The molecule has 0 saturated carbocycles. The van der Waals surface area contributed by atoms with E-state index in [2.05, 4.69) is 13.8 Å². The molecule has 2 heterocycles. The Morgan fingerprint density at radius 3 is 2.08 bits per heavy atom. The summed E-state index contributed by atoms with van der Waals surface area (Å²) in [5.41, 5.74) is 0.571. The first-order valence-corrected chi connectivity index (χ1v) is 10.7. The van der Waals surface area contributed by atoms with Crippen molar-refractivity contribution >= 4 is 15.9 Å². The summed E-state index contributed by atoms with van der Waals surface area (Å²) < 4.78 is 27.4. The number of hydrogen-bond donors (Lipinski definition) is 0. The second-order valence-electron chi connectivity index (χ2n) is 7.65. The molecule has 0 aromatic heterocycles. The molecular weight excluding hydrogens is 336 g/mol. The standard InChI is InChI=1S/C19H28N2O3S/c1-15-12-16(2)14-21(13-15)25(23,24)18-8-6-17(7-9-18)19(22)20-10-4-3-5-11-20/h6-9,15-16H,3-5,10-14H2,1-2H3/t15-,16+. The predicted octanol–water partition coefficient (Wildman–Crippen LogP) is 2.98. The molecule has 0 bridgehead atoms. The van der Waals surface area contributed by atoms with Crippen LogP contribution in [0.1, 0.15) is 49.9 Å². The van der Waals surface area contributed by atoms with Crippen LogP contribution in [0.5, 0.6) is 0 Å². The van der Waals surface area contributed by atoms with Crippen molar-refractivity contribution in [2.24, 2.45) is 11.8 Å². The fraction of sp³-hybridized carbons (Fsp3) is 0.632. The highest BCUT2D eigenvalue weighted by atomic mass is 32.2. The zero-order valence-corrected chi connectivity index (χ0v) is 16.0. The van der Waals surface area contributed by atoms with Crippen LogP contribution < -0.4 is 0 Å². The van der Waals surface area contributed by atoms with Gasteiger partial charge < -0.3 is 4.90 Å². The smallest absolute Gasteiger partial charge is 0.253 e. The van der Waals surface area contributed by atoms with E-state index in [-0.39, 0.29) is 10.8 Å². The van der Waals surface area contributed by atoms with E-state index in [4.69, 9.17) is 0 Å². The van der Waals surface area contributed by atoms with Crippen molar-refractivity contribution in [2.75, 3.05) is 26.2 Å². The van der Waals surface area contributed by atoms with E-state index in [1.807, 2.05) is 4.90 Å². The molecule has 2 aliphatic heterocycles. The number of carbonyl (C=O) groups excluding carboxylic acids is 1. The van der Waals surface area contributed by atoms with Crippen molar-refractivity contribution in [2.45, 2.75) is 44.4 Å². The lowest BCUT2D eigenvalue weighted by molar-refractivity contribution is 0.0724. The molecule has 0 unspecified atom stereocenters. The number of likely N-dealkylation sites (tertiary alicyclic amines) is 1. The summed E-state index contributed by atoms with van der Waals surface area (Å²) in [7, 11) is -3.49. The second kappa shape index (κ2) is 7.46. The summed E-state index contributed by atoms with van der Waals surface area (Å²) >= 11 is 0. The second-order valence-corrected chi connectivity index (χ2v) is 9.58. The van der Waals surface area contributed by atoms with Gasteiger partial charge in [-0.15, -0.1) is 0 Å². The molecule has 2 aliphatic rings. The number of hydrogen-bond acceptors (Lipinski definition) is 3. The van der Waals surface area contributed by atoms with Crippen molar-refractivity contribution in [1.82, 2.24) is 9.21 Å². The SMILES string of the molecule is C[C@@H]1C[C@H](C)CN(S(=O)(=O)c2ccc(C(=O)N3CCCCC3)cc2)C1. The average Bonchev–Trinajstić information content (AvgIpc) is 2.61. The number of piperidine rings is 2. The van der Waals surface area contributed by atoms with Gasteiger partial charge in [-0.1, -0.05) is 13.8 Å². The third-order valence-corrected chi connectivity index (χ3v) is 7.06. The van der Waals surface area contributed by atoms with Crippen LogP contribution in [0, 0.1) is 11.8 Å². The molecule has 25 heavy (non-hydrogen) atoms. The number of rotatable bonds is 3. The molecule has 0 radical (unpaired) electrons. The topological polar surface area (TPSA) is 57.7 Å². The maximum atomic E-state index is 12.9. The van der Waals surface area contributed by atoms with Gasteiger partial charge in [-0.25, -0.2) is 8.42 Å². The van der Waals surface area contributed by atoms with E-state index in [1.165, 1.54) is 6.42 Å². The van der Waals surface area contributed by atoms with Gasteiger partial charge in [0.2, 0.25) is 10.0 Å². The Kier molecular flexibility index (Phi) is 5.49. The van der Waals surface area contributed by atoms with Crippen LogP contribution in [0.15, 0.2) is 29.2 Å². The number of sulfonamides is 1. The van der Waals surface area contributed by atoms with E-state index < -0.39 is 10.0 Å². The van der Waals surface area contributed by atoms with Crippen LogP contribution in [0.4, 0.5) is 0 Å². The maximum Gasteiger partial charge on any atom is 0.253 e. The van der Waals surface area contributed by atoms with Crippen LogP contribution in [0.3, 0.4) is 0 Å². The fourth-order valence-electron chi connectivity index (χ4n) is 4.00. The Labute approximate surface area is 151 Å². The van der Waals surface area contributed by atoms with Gasteiger partial charge in [0.25, 0.3) is 5.91 Å². The average molecular weight is 365 g/mol. The lowest BCUT2D eigenvalue weighted by Crippen LogP contribution is -2.42. The zero-order chi connectivity index (χ0) is 18.0. The Hall–Kier alpha value is -1.40. The van der Waals surface area contributed by atoms with Crippen LogP contribution in [0.25, 0.3) is 0 Å². The van der Waals surface area contributed by atoms with Gasteiger partial charge >= 0.3 is 0 Å². The minimum Gasteiger partial charge on any atom is -0.339 e. The highest BCUT2D eigenvalue weighted by Crippen LogP contribution is 2.27. The van der Waals surface area contributed by atoms with E-state index in [9.17, 15) is 13.2 Å². The molecular formula is C19H28N2O3S. The molecule has 1 aromatic carbocycles. The number of nitrogens with zero attached hydrogens (tertiary/aromatic N) is 2. The molecule has 0 aliphatic carbocycles. The third-order valence-electron chi connectivity index (χ3n) is 5.22. The highest BCUT2D eigenvalue weighted by molar-refractivity contribution is 7.89. The molecule has 6 heteroatoms. The Bertz CT molecular complexity index is 699. The summed E-state index contributed by atoms with van der Waals surface area (Å²) in [5, 5.41) is 0. The molecule has 5 nitrogen and oxygen atoms in total. The van der Waals surface area contributed by atoms with Gasteiger partial charge in [-0.2, -0.15) is 4.31 Å². The molecule has 1 amide bonds. The van der Waals surface area contributed by atoms with Crippen LogP contribution >= 0.6 is 0 Å². The zero-order valence-electron chi connectivity index (χ0n) is 15.1.